The number of amides is 1. The highest BCUT2D eigenvalue weighted by molar-refractivity contribution is 7.99. The fourth-order valence-corrected chi connectivity index (χ4v) is 1.59. The van der Waals surface area contributed by atoms with Crippen LogP contribution in [-0.4, -0.2) is 33.4 Å². The van der Waals surface area contributed by atoms with Gasteiger partial charge in [0.15, 0.2) is 0 Å². The second-order valence-electron chi connectivity index (χ2n) is 3.06. The fourth-order valence-electron chi connectivity index (χ4n) is 0.946. The Morgan fingerprint density at radius 2 is 2.33 bits per heavy atom. The molecule has 1 aromatic heterocycles. The molecule has 0 spiro atoms. The average Bonchev–Trinajstić information content (AvgIpc) is 2.71. The second-order valence-corrected chi connectivity index (χ2v) is 4.00. The van der Waals surface area contributed by atoms with Crippen molar-refractivity contribution in [2.75, 3.05) is 12.3 Å². The van der Waals surface area contributed by atoms with Crippen LogP contribution in [0.25, 0.3) is 0 Å². The first-order valence-corrected chi connectivity index (χ1v) is 6.05. The SMILES string of the molecule is CCCNC(=O)CSc1n[nH]c(CC)n1. The number of aryl methyl sites for hydroxylation is 1. The van der Waals surface area contributed by atoms with E-state index in [0.29, 0.717) is 10.9 Å². The molecule has 0 saturated heterocycles. The molecule has 0 radical (unpaired) electrons. The number of nitrogens with zero attached hydrogens (tertiary/aromatic N) is 2. The molecule has 1 aromatic rings. The Bertz CT molecular complexity index is 313. The van der Waals surface area contributed by atoms with Crippen molar-refractivity contribution in [1.82, 2.24) is 20.5 Å². The van der Waals surface area contributed by atoms with Crippen molar-refractivity contribution < 1.29 is 4.79 Å². The number of aromatic amines is 1. The minimum Gasteiger partial charge on any atom is -0.355 e. The average molecular weight is 228 g/mol. The molecule has 0 bridgehead atoms. The molecule has 0 aliphatic heterocycles. The van der Waals surface area contributed by atoms with Gasteiger partial charge in [-0.3, -0.25) is 9.89 Å². The highest BCUT2D eigenvalue weighted by atomic mass is 32.2. The molecule has 0 atom stereocenters. The molecule has 0 unspecified atom stereocenters. The van der Waals surface area contributed by atoms with E-state index >= 15 is 0 Å². The summed E-state index contributed by atoms with van der Waals surface area (Å²) in [7, 11) is 0. The maximum atomic E-state index is 11.3. The van der Waals surface area contributed by atoms with Gasteiger partial charge in [0, 0.05) is 13.0 Å². The number of carbonyl (C=O) groups is 1. The van der Waals surface area contributed by atoms with Crippen LogP contribution in [0.2, 0.25) is 0 Å². The summed E-state index contributed by atoms with van der Waals surface area (Å²) in [5.41, 5.74) is 0. The van der Waals surface area contributed by atoms with Gasteiger partial charge in [-0.2, -0.15) is 0 Å². The Hall–Kier alpha value is -1.04. The van der Waals surface area contributed by atoms with E-state index < -0.39 is 0 Å². The molecular formula is C9H16N4OS. The predicted molar refractivity (Wildman–Crippen MR) is 59.8 cm³/mol. The van der Waals surface area contributed by atoms with E-state index in [-0.39, 0.29) is 5.91 Å². The quantitative estimate of drug-likeness (QED) is 0.712. The number of aromatic nitrogens is 3. The van der Waals surface area contributed by atoms with E-state index in [1.54, 1.807) is 0 Å². The van der Waals surface area contributed by atoms with Crippen molar-refractivity contribution in [2.45, 2.75) is 31.8 Å². The summed E-state index contributed by atoms with van der Waals surface area (Å²) >= 11 is 1.35. The number of carbonyl (C=O) groups excluding carboxylic acids is 1. The Kier molecular flexibility index (Phi) is 5.17. The summed E-state index contributed by atoms with van der Waals surface area (Å²) in [4.78, 5) is 15.5. The third kappa shape index (κ3) is 4.33. The lowest BCUT2D eigenvalue weighted by molar-refractivity contribution is -0.118. The summed E-state index contributed by atoms with van der Waals surface area (Å²) in [6, 6.07) is 0. The molecule has 6 heteroatoms. The number of thioether (sulfide) groups is 1. The summed E-state index contributed by atoms with van der Waals surface area (Å²) in [6.07, 6.45) is 1.78. The number of nitrogens with one attached hydrogen (secondary N) is 2. The number of H-pyrrole nitrogens is 1. The smallest absolute Gasteiger partial charge is 0.230 e. The first-order valence-electron chi connectivity index (χ1n) is 5.07. The molecule has 1 amide bonds. The van der Waals surface area contributed by atoms with Crippen molar-refractivity contribution in [3.05, 3.63) is 5.82 Å². The van der Waals surface area contributed by atoms with Gasteiger partial charge in [0.2, 0.25) is 11.1 Å². The van der Waals surface area contributed by atoms with Crippen molar-refractivity contribution >= 4 is 17.7 Å². The Balaban J connectivity index is 2.27. The maximum absolute atomic E-state index is 11.3. The molecule has 0 fully saturated rings. The van der Waals surface area contributed by atoms with Crippen molar-refractivity contribution in [3.63, 3.8) is 0 Å². The molecule has 84 valence electrons. The predicted octanol–water partition coefficient (Wildman–Crippen LogP) is 0.985. The highest BCUT2D eigenvalue weighted by Gasteiger charge is 2.05. The van der Waals surface area contributed by atoms with Crippen LogP contribution < -0.4 is 5.32 Å². The van der Waals surface area contributed by atoms with Gasteiger partial charge in [-0.15, -0.1) is 5.10 Å². The van der Waals surface area contributed by atoms with E-state index in [9.17, 15) is 4.79 Å². The molecule has 5 nitrogen and oxygen atoms in total. The van der Waals surface area contributed by atoms with Gasteiger partial charge in [0.25, 0.3) is 0 Å². The fraction of sp³-hybridized carbons (Fsp3) is 0.667. The van der Waals surface area contributed by atoms with Gasteiger partial charge in [-0.25, -0.2) is 4.98 Å². The molecule has 1 rings (SSSR count). The minimum absolute atomic E-state index is 0.0321. The molecule has 1 heterocycles. The van der Waals surface area contributed by atoms with Crippen LogP contribution in [0.3, 0.4) is 0 Å². The summed E-state index contributed by atoms with van der Waals surface area (Å²) in [6.45, 7) is 4.76. The van der Waals surface area contributed by atoms with Crippen LogP contribution in [0.4, 0.5) is 0 Å². The first-order chi connectivity index (χ1) is 7.26. The summed E-state index contributed by atoms with van der Waals surface area (Å²) < 4.78 is 0. The highest BCUT2D eigenvalue weighted by Crippen LogP contribution is 2.11. The van der Waals surface area contributed by atoms with Gasteiger partial charge in [-0.1, -0.05) is 25.6 Å². The lowest BCUT2D eigenvalue weighted by Gasteiger charge is -2.00. The van der Waals surface area contributed by atoms with E-state index in [1.807, 2.05) is 13.8 Å². The molecule has 0 aliphatic rings. The Morgan fingerprint density at radius 1 is 1.53 bits per heavy atom. The largest absolute Gasteiger partial charge is 0.355 e. The van der Waals surface area contributed by atoms with E-state index in [0.717, 1.165) is 25.2 Å². The topological polar surface area (TPSA) is 70.7 Å². The van der Waals surface area contributed by atoms with Gasteiger partial charge in [0.1, 0.15) is 5.82 Å². The number of hydrogen-bond acceptors (Lipinski definition) is 4. The maximum Gasteiger partial charge on any atom is 0.230 e. The van der Waals surface area contributed by atoms with Crippen molar-refractivity contribution in [2.24, 2.45) is 0 Å². The van der Waals surface area contributed by atoms with Gasteiger partial charge < -0.3 is 5.32 Å². The van der Waals surface area contributed by atoms with E-state index in [4.69, 9.17) is 0 Å². The van der Waals surface area contributed by atoms with Crippen molar-refractivity contribution in [3.8, 4) is 0 Å². The number of rotatable bonds is 6. The standard InChI is InChI=1S/C9H16N4OS/c1-3-5-10-8(14)6-15-9-11-7(4-2)12-13-9/h3-6H2,1-2H3,(H,10,14)(H,11,12,13). The van der Waals surface area contributed by atoms with Crippen molar-refractivity contribution in [1.29, 1.82) is 0 Å². The zero-order valence-corrected chi connectivity index (χ0v) is 9.86. The molecular weight excluding hydrogens is 212 g/mol. The monoisotopic (exact) mass is 228 g/mol. The van der Waals surface area contributed by atoms with E-state index in [2.05, 4.69) is 20.5 Å². The lowest BCUT2D eigenvalue weighted by atomic mass is 10.5. The van der Waals surface area contributed by atoms with Crippen LogP contribution in [0.15, 0.2) is 5.16 Å². The zero-order valence-electron chi connectivity index (χ0n) is 9.04. The minimum atomic E-state index is 0.0321. The first kappa shape index (κ1) is 12.0. The van der Waals surface area contributed by atoms with Crippen LogP contribution in [0.5, 0.6) is 0 Å². The van der Waals surface area contributed by atoms with Gasteiger partial charge >= 0.3 is 0 Å². The van der Waals surface area contributed by atoms with Gasteiger partial charge in [-0.05, 0) is 6.42 Å². The van der Waals surface area contributed by atoms with E-state index in [1.165, 1.54) is 11.8 Å². The van der Waals surface area contributed by atoms with Crippen LogP contribution >= 0.6 is 11.8 Å². The zero-order chi connectivity index (χ0) is 11.1. The normalized spacial score (nSPS) is 10.3. The Labute approximate surface area is 93.4 Å². The third-order valence-corrected chi connectivity index (χ3v) is 2.60. The van der Waals surface area contributed by atoms with Crippen LogP contribution in [-0.2, 0) is 11.2 Å². The van der Waals surface area contributed by atoms with Crippen LogP contribution in [0.1, 0.15) is 26.1 Å². The van der Waals surface area contributed by atoms with Gasteiger partial charge in [0.05, 0.1) is 5.75 Å². The molecule has 0 aliphatic carbocycles. The molecule has 0 aromatic carbocycles. The second kappa shape index (κ2) is 6.44. The lowest BCUT2D eigenvalue weighted by Crippen LogP contribution is -2.25. The number of hydrogen-bond donors (Lipinski definition) is 2. The summed E-state index contributed by atoms with van der Waals surface area (Å²) in [5.74, 6) is 1.26. The molecule has 0 saturated carbocycles. The molecule has 15 heavy (non-hydrogen) atoms. The summed E-state index contributed by atoms with van der Waals surface area (Å²) in [5, 5.41) is 10.2. The third-order valence-electron chi connectivity index (χ3n) is 1.75. The molecule has 2 N–H and O–H groups in total. The Morgan fingerprint density at radius 3 is 2.93 bits per heavy atom. The van der Waals surface area contributed by atoms with Crippen LogP contribution in [0, 0.1) is 0 Å².